The van der Waals surface area contributed by atoms with Crippen LogP contribution in [0, 0.1) is 0 Å². The van der Waals surface area contributed by atoms with Gasteiger partial charge in [-0.25, -0.2) is 0 Å². The van der Waals surface area contributed by atoms with Crippen molar-refractivity contribution >= 4 is 17.3 Å². The minimum atomic E-state index is -0.151. The van der Waals surface area contributed by atoms with Gasteiger partial charge >= 0.3 is 0 Å². The highest BCUT2D eigenvalue weighted by Gasteiger charge is 2.15. The fraction of sp³-hybridized carbons (Fsp3) is 0.154. The van der Waals surface area contributed by atoms with Gasteiger partial charge in [0.25, 0.3) is 5.91 Å². The summed E-state index contributed by atoms with van der Waals surface area (Å²) >= 11 is 0. The topological polar surface area (TPSA) is 72.3 Å². The second kappa shape index (κ2) is 5.75. The number of nitrogen functional groups attached to an aromatic ring is 2. The number of anilines is 2. The van der Waals surface area contributed by atoms with E-state index in [2.05, 4.69) is 13.2 Å². The smallest absolute Gasteiger partial charge is 0.256 e. The van der Waals surface area contributed by atoms with Gasteiger partial charge in [-0.3, -0.25) is 4.79 Å². The zero-order chi connectivity index (χ0) is 12.8. The van der Waals surface area contributed by atoms with Gasteiger partial charge in [-0.05, 0) is 18.2 Å². The molecular formula is C13H17N3O. The van der Waals surface area contributed by atoms with Gasteiger partial charge in [0.1, 0.15) is 0 Å². The van der Waals surface area contributed by atoms with E-state index in [0.717, 1.165) is 0 Å². The van der Waals surface area contributed by atoms with E-state index >= 15 is 0 Å². The van der Waals surface area contributed by atoms with E-state index in [9.17, 15) is 4.79 Å². The largest absolute Gasteiger partial charge is 0.399 e. The number of amides is 1. The van der Waals surface area contributed by atoms with Crippen molar-refractivity contribution in [1.29, 1.82) is 0 Å². The molecule has 0 spiro atoms. The Bertz CT molecular complexity index is 430. The Morgan fingerprint density at radius 2 is 1.82 bits per heavy atom. The maximum absolute atomic E-state index is 12.2. The molecule has 1 rings (SSSR count). The van der Waals surface area contributed by atoms with E-state index in [0.29, 0.717) is 30.0 Å². The van der Waals surface area contributed by atoms with Crippen molar-refractivity contribution in [3.05, 3.63) is 49.1 Å². The number of nitrogens with zero attached hydrogens (tertiary/aromatic N) is 1. The Morgan fingerprint density at radius 1 is 1.24 bits per heavy atom. The van der Waals surface area contributed by atoms with Gasteiger partial charge in [-0.1, -0.05) is 12.2 Å². The summed E-state index contributed by atoms with van der Waals surface area (Å²) in [6, 6.07) is 4.86. The zero-order valence-corrected chi connectivity index (χ0v) is 9.73. The summed E-state index contributed by atoms with van der Waals surface area (Å²) in [7, 11) is 0. The Hall–Kier alpha value is -2.23. The molecule has 17 heavy (non-hydrogen) atoms. The van der Waals surface area contributed by atoms with Crippen LogP contribution in [0.15, 0.2) is 43.5 Å². The lowest BCUT2D eigenvalue weighted by Gasteiger charge is -2.20. The van der Waals surface area contributed by atoms with Crippen LogP contribution in [0.25, 0.3) is 0 Å². The number of carbonyl (C=O) groups is 1. The molecule has 4 nitrogen and oxygen atoms in total. The predicted molar refractivity (Wildman–Crippen MR) is 71.6 cm³/mol. The van der Waals surface area contributed by atoms with Gasteiger partial charge in [-0.2, -0.15) is 0 Å². The third-order valence-electron chi connectivity index (χ3n) is 2.29. The van der Waals surface area contributed by atoms with Crippen molar-refractivity contribution < 1.29 is 4.79 Å². The molecule has 4 N–H and O–H groups in total. The number of hydrogen-bond acceptors (Lipinski definition) is 3. The average Bonchev–Trinajstić information content (AvgIpc) is 2.28. The monoisotopic (exact) mass is 231 g/mol. The third-order valence-corrected chi connectivity index (χ3v) is 2.29. The first-order valence-electron chi connectivity index (χ1n) is 5.26. The summed E-state index contributed by atoms with van der Waals surface area (Å²) in [5.41, 5.74) is 12.7. The fourth-order valence-corrected chi connectivity index (χ4v) is 1.50. The predicted octanol–water partition coefficient (Wildman–Crippen LogP) is 1.67. The molecular weight excluding hydrogens is 214 g/mol. The van der Waals surface area contributed by atoms with Gasteiger partial charge < -0.3 is 16.4 Å². The molecule has 1 aromatic rings. The van der Waals surface area contributed by atoms with Crippen LogP contribution >= 0.6 is 0 Å². The van der Waals surface area contributed by atoms with Crippen molar-refractivity contribution in [1.82, 2.24) is 4.90 Å². The SMILES string of the molecule is C=CCN(CC=C)C(=O)c1ccc(N)cc1N. The van der Waals surface area contributed by atoms with Crippen molar-refractivity contribution in [2.75, 3.05) is 24.6 Å². The second-order valence-electron chi connectivity index (χ2n) is 3.63. The van der Waals surface area contributed by atoms with E-state index < -0.39 is 0 Å². The quantitative estimate of drug-likeness (QED) is 0.598. The van der Waals surface area contributed by atoms with E-state index in [-0.39, 0.29) is 5.91 Å². The molecule has 0 saturated heterocycles. The van der Waals surface area contributed by atoms with Crippen molar-refractivity contribution in [3.8, 4) is 0 Å². The number of carbonyl (C=O) groups excluding carboxylic acids is 1. The van der Waals surface area contributed by atoms with Gasteiger partial charge in [-0.15, -0.1) is 13.2 Å². The molecule has 0 heterocycles. The van der Waals surface area contributed by atoms with Gasteiger partial charge in [0.15, 0.2) is 0 Å². The second-order valence-corrected chi connectivity index (χ2v) is 3.63. The lowest BCUT2D eigenvalue weighted by atomic mass is 10.1. The number of benzene rings is 1. The first kappa shape index (κ1) is 12.8. The highest BCUT2D eigenvalue weighted by atomic mass is 16.2. The molecule has 0 radical (unpaired) electrons. The van der Waals surface area contributed by atoms with Gasteiger partial charge in [0.2, 0.25) is 0 Å². The van der Waals surface area contributed by atoms with Crippen LogP contribution in [0.3, 0.4) is 0 Å². The van der Waals surface area contributed by atoms with Crippen molar-refractivity contribution in [3.63, 3.8) is 0 Å². The van der Waals surface area contributed by atoms with E-state index in [1.165, 1.54) is 0 Å². The number of nitrogens with two attached hydrogens (primary N) is 2. The first-order chi connectivity index (χ1) is 8.10. The average molecular weight is 231 g/mol. The van der Waals surface area contributed by atoms with Crippen LogP contribution in [0.5, 0.6) is 0 Å². The van der Waals surface area contributed by atoms with E-state index in [1.54, 1.807) is 35.3 Å². The van der Waals surface area contributed by atoms with Crippen LogP contribution in [0.1, 0.15) is 10.4 Å². The molecule has 0 aliphatic rings. The summed E-state index contributed by atoms with van der Waals surface area (Å²) in [5, 5.41) is 0. The fourth-order valence-electron chi connectivity index (χ4n) is 1.50. The van der Waals surface area contributed by atoms with Crippen molar-refractivity contribution in [2.45, 2.75) is 0 Å². The minimum Gasteiger partial charge on any atom is -0.399 e. The summed E-state index contributed by atoms with van der Waals surface area (Å²) < 4.78 is 0. The molecule has 0 saturated carbocycles. The zero-order valence-electron chi connectivity index (χ0n) is 9.73. The normalized spacial score (nSPS) is 9.65. The Labute approximate surface area is 101 Å². The highest BCUT2D eigenvalue weighted by Crippen LogP contribution is 2.17. The maximum Gasteiger partial charge on any atom is 0.256 e. The molecule has 0 aromatic heterocycles. The highest BCUT2D eigenvalue weighted by molar-refractivity contribution is 5.99. The van der Waals surface area contributed by atoms with Crippen LogP contribution in [0.2, 0.25) is 0 Å². The summed E-state index contributed by atoms with van der Waals surface area (Å²) in [6.45, 7) is 8.14. The van der Waals surface area contributed by atoms with Crippen LogP contribution in [-0.4, -0.2) is 23.9 Å². The Balaban J connectivity index is 2.99. The maximum atomic E-state index is 12.2. The first-order valence-corrected chi connectivity index (χ1v) is 5.26. The van der Waals surface area contributed by atoms with Crippen molar-refractivity contribution in [2.24, 2.45) is 0 Å². The molecule has 1 aromatic carbocycles. The molecule has 0 fully saturated rings. The van der Waals surface area contributed by atoms with Crippen LogP contribution < -0.4 is 11.5 Å². The molecule has 0 atom stereocenters. The van der Waals surface area contributed by atoms with E-state index in [4.69, 9.17) is 11.5 Å². The molecule has 0 bridgehead atoms. The summed E-state index contributed by atoms with van der Waals surface area (Å²) in [6.07, 6.45) is 3.32. The molecule has 90 valence electrons. The summed E-state index contributed by atoms with van der Waals surface area (Å²) in [4.78, 5) is 13.8. The van der Waals surface area contributed by atoms with Crippen LogP contribution in [-0.2, 0) is 0 Å². The molecule has 4 heteroatoms. The third kappa shape index (κ3) is 3.11. The molecule has 0 aliphatic carbocycles. The van der Waals surface area contributed by atoms with Crippen LogP contribution in [0.4, 0.5) is 11.4 Å². The summed E-state index contributed by atoms with van der Waals surface area (Å²) in [5.74, 6) is -0.151. The molecule has 1 amide bonds. The van der Waals surface area contributed by atoms with Gasteiger partial charge in [0, 0.05) is 24.5 Å². The molecule has 0 unspecified atom stereocenters. The van der Waals surface area contributed by atoms with E-state index in [1.807, 2.05) is 0 Å². The number of hydrogen-bond donors (Lipinski definition) is 2. The standard InChI is InChI=1S/C13H17N3O/c1-3-7-16(8-4-2)13(17)11-6-5-10(14)9-12(11)15/h3-6,9H,1-2,7-8,14-15H2. The Morgan fingerprint density at radius 3 is 2.29 bits per heavy atom. The lowest BCUT2D eigenvalue weighted by Crippen LogP contribution is -2.31. The minimum absolute atomic E-state index is 0.151. The lowest BCUT2D eigenvalue weighted by molar-refractivity contribution is 0.0792. The molecule has 0 aliphatic heterocycles. The number of rotatable bonds is 5. The Kier molecular flexibility index (Phi) is 4.34. The van der Waals surface area contributed by atoms with Gasteiger partial charge in [0.05, 0.1) is 5.56 Å².